The number of benzene rings is 2. The Hall–Kier alpha value is -4.08. The molecule has 3 amide bonds. The van der Waals surface area contributed by atoms with Crippen LogP contribution in [0.5, 0.6) is 11.5 Å². The van der Waals surface area contributed by atoms with Crippen molar-refractivity contribution in [3.63, 3.8) is 0 Å². The fraction of sp³-hybridized carbons (Fsp3) is 0.405. The smallest absolute Gasteiger partial charge is 0.326 e. The van der Waals surface area contributed by atoms with Gasteiger partial charge in [0, 0.05) is 34.6 Å². The number of nitrogens with zero attached hydrogens (tertiary/aromatic N) is 4. The first-order valence-corrected chi connectivity index (χ1v) is 16.7. The van der Waals surface area contributed by atoms with Gasteiger partial charge in [0.05, 0.1) is 31.4 Å². The second-order valence-corrected chi connectivity index (χ2v) is 13.9. The van der Waals surface area contributed by atoms with Crippen molar-refractivity contribution in [1.82, 2.24) is 14.7 Å². The van der Waals surface area contributed by atoms with E-state index in [4.69, 9.17) is 37.7 Å². The van der Waals surface area contributed by atoms with Crippen LogP contribution in [0, 0.1) is 5.41 Å². The second-order valence-electron chi connectivity index (χ2n) is 13.1. The molecule has 2 atom stereocenters. The summed E-state index contributed by atoms with van der Waals surface area (Å²) in [6, 6.07) is 11.0. The monoisotopic (exact) mass is 694 g/mol. The van der Waals surface area contributed by atoms with Gasteiger partial charge in [-0.1, -0.05) is 74.8 Å². The lowest BCUT2D eigenvalue weighted by atomic mass is 9.90. The van der Waals surface area contributed by atoms with Crippen molar-refractivity contribution in [2.24, 2.45) is 10.4 Å². The molecular weight excluding hydrogens is 651 g/mol. The number of methoxy groups -OCH3 is 1. The number of rotatable bonds is 10. The molecule has 0 radical (unpaired) electrons. The largest absolute Gasteiger partial charge is 0.497 e. The normalized spacial score (nSPS) is 18.9. The Kier molecular flexibility index (Phi) is 11.8. The molecule has 0 unspecified atom stereocenters. The Morgan fingerprint density at radius 1 is 1.10 bits per heavy atom. The first kappa shape index (κ1) is 36.8. The molecule has 9 nitrogen and oxygen atoms in total. The third-order valence-corrected chi connectivity index (χ3v) is 8.75. The number of carbonyl (C=O) groups excluding carboxylic acids is 3. The first-order valence-electron chi connectivity index (χ1n) is 15.9. The summed E-state index contributed by atoms with van der Waals surface area (Å²) >= 11 is 12.6. The summed E-state index contributed by atoms with van der Waals surface area (Å²) in [6.07, 6.45) is 5.06. The van der Waals surface area contributed by atoms with Gasteiger partial charge in [0.15, 0.2) is 5.78 Å². The zero-order valence-electron chi connectivity index (χ0n) is 28.6. The van der Waals surface area contributed by atoms with Crippen LogP contribution in [0.25, 0.3) is 0 Å². The quantitative estimate of drug-likeness (QED) is 0.241. The maximum absolute atomic E-state index is 14.8. The number of hydrogen-bond donors (Lipinski definition) is 0. The highest BCUT2D eigenvalue weighted by molar-refractivity contribution is 6.31. The van der Waals surface area contributed by atoms with Gasteiger partial charge in [0.1, 0.15) is 29.9 Å². The molecular formula is C37H44Cl2N4O5. The summed E-state index contributed by atoms with van der Waals surface area (Å²) in [5, 5.41) is 1.07. The molecule has 0 N–H and O–H groups in total. The van der Waals surface area contributed by atoms with Crippen molar-refractivity contribution in [3.05, 3.63) is 94.0 Å². The number of ketones is 1. The van der Waals surface area contributed by atoms with Crippen LogP contribution in [0.15, 0.2) is 82.9 Å². The number of Topliss-reactive ketones (excluding diaryl/α,β-unsaturated/α-hetero) is 1. The number of halogens is 2. The van der Waals surface area contributed by atoms with Gasteiger partial charge < -0.3 is 19.3 Å². The molecule has 2 aliphatic heterocycles. The summed E-state index contributed by atoms with van der Waals surface area (Å²) in [4.78, 5) is 50.6. The third kappa shape index (κ3) is 8.49. The maximum Gasteiger partial charge on any atom is 0.326 e. The van der Waals surface area contributed by atoms with E-state index in [1.807, 2.05) is 59.7 Å². The molecule has 11 heteroatoms. The molecule has 0 bridgehead atoms. The average Bonchev–Trinajstić information content (AvgIpc) is 3.43. The van der Waals surface area contributed by atoms with Gasteiger partial charge in [-0.05, 0) is 62.2 Å². The molecule has 2 heterocycles. The van der Waals surface area contributed by atoms with Crippen LogP contribution in [0.2, 0.25) is 5.02 Å². The molecule has 0 aliphatic carbocycles. The van der Waals surface area contributed by atoms with Gasteiger partial charge in [-0.3, -0.25) is 19.5 Å². The highest BCUT2D eigenvalue weighted by atomic mass is 35.5. The van der Waals surface area contributed by atoms with Gasteiger partial charge in [-0.25, -0.2) is 4.79 Å². The number of piperazine rings is 1. The van der Waals surface area contributed by atoms with E-state index in [1.54, 1.807) is 54.5 Å². The second kappa shape index (κ2) is 15.4. The topological polar surface area (TPSA) is 91.8 Å². The third-order valence-electron chi connectivity index (χ3n) is 8.15. The zero-order chi connectivity index (χ0) is 35.3. The van der Waals surface area contributed by atoms with Crippen LogP contribution in [0.1, 0.15) is 58.7 Å². The van der Waals surface area contributed by atoms with E-state index < -0.39 is 23.5 Å². The molecule has 2 aromatic carbocycles. The lowest BCUT2D eigenvalue weighted by Crippen LogP contribution is -2.58. The number of urea groups is 1. The predicted octanol–water partition coefficient (Wildman–Crippen LogP) is 7.44. The number of hydrogen-bond acceptors (Lipinski definition) is 6. The van der Waals surface area contributed by atoms with E-state index >= 15 is 0 Å². The minimum absolute atomic E-state index is 0.00287. The van der Waals surface area contributed by atoms with Crippen molar-refractivity contribution < 1.29 is 23.9 Å². The molecule has 256 valence electrons. The van der Waals surface area contributed by atoms with E-state index in [2.05, 4.69) is 6.58 Å². The Balaban J connectivity index is 1.83. The molecule has 1 saturated heterocycles. The van der Waals surface area contributed by atoms with Crippen molar-refractivity contribution >= 4 is 46.8 Å². The van der Waals surface area contributed by atoms with Crippen LogP contribution < -0.4 is 9.47 Å². The molecule has 0 saturated carbocycles. The molecule has 2 aliphatic rings. The van der Waals surface area contributed by atoms with Crippen LogP contribution in [0.4, 0.5) is 4.79 Å². The van der Waals surface area contributed by atoms with Crippen molar-refractivity contribution in [2.75, 3.05) is 33.3 Å². The molecule has 48 heavy (non-hydrogen) atoms. The van der Waals surface area contributed by atoms with Crippen molar-refractivity contribution in [1.29, 1.82) is 0 Å². The summed E-state index contributed by atoms with van der Waals surface area (Å²) in [6.45, 7) is 15.8. The Bertz CT molecular complexity index is 1640. The van der Waals surface area contributed by atoms with Gasteiger partial charge in [-0.15, -0.1) is 0 Å². The lowest BCUT2D eigenvalue weighted by Gasteiger charge is -2.39. The van der Waals surface area contributed by atoms with Crippen molar-refractivity contribution in [3.8, 4) is 11.5 Å². The minimum atomic E-state index is -0.698. The van der Waals surface area contributed by atoms with E-state index in [0.717, 1.165) is 5.56 Å². The SMILES string of the molecule is C=C(/C=C\C(Cl)=C/C)[C@H]1[C@@H](c2ccc(Cl)cc2)N=C(c2ccc(OC)cc2OC(C)C)N1C(=O)N1CCN(CC(=O)C(C)(C)C)C(=O)C1. The summed E-state index contributed by atoms with van der Waals surface area (Å²) in [5.41, 5.74) is 1.37. The fourth-order valence-corrected chi connectivity index (χ4v) is 5.57. The molecule has 0 aromatic heterocycles. The molecule has 2 aromatic rings. The van der Waals surface area contributed by atoms with Crippen LogP contribution in [0.3, 0.4) is 0 Å². The van der Waals surface area contributed by atoms with Gasteiger partial charge in [-0.2, -0.15) is 0 Å². The van der Waals surface area contributed by atoms with Crippen LogP contribution in [-0.2, 0) is 9.59 Å². The highest BCUT2D eigenvalue weighted by Crippen LogP contribution is 2.41. The summed E-state index contributed by atoms with van der Waals surface area (Å²) < 4.78 is 11.7. The molecule has 4 rings (SSSR count). The van der Waals surface area contributed by atoms with Gasteiger partial charge >= 0.3 is 6.03 Å². The Labute approximate surface area is 293 Å². The van der Waals surface area contributed by atoms with Gasteiger partial charge in [0.25, 0.3) is 0 Å². The summed E-state index contributed by atoms with van der Waals surface area (Å²) in [7, 11) is 1.57. The van der Waals surface area contributed by atoms with E-state index in [1.165, 1.54) is 9.80 Å². The Morgan fingerprint density at radius 2 is 1.79 bits per heavy atom. The average molecular weight is 696 g/mol. The Morgan fingerprint density at radius 3 is 2.38 bits per heavy atom. The van der Waals surface area contributed by atoms with Crippen LogP contribution >= 0.6 is 23.2 Å². The van der Waals surface area contributed by atoms with E-state index in [0.29, 0.717) is 38.5 Å². The van der Waals surface area contributed by atoms with Gasteiger partial charge in [0.2, 0.25) is 5.91 Å². The predicted molar refractivity (Wildman–Crippen MR) is 191 cm³/mol. The number of ether oxygens (including phenoxy) is 2. The molecule has 1 fully saturated rings. The van der Waals surface area contributed by atoms with Crippen LogP contribution in [-0.4, -0.2) is 83.7 Å². The molecule has 0 spiro atoms. The fourth-order valence-electron chi connectivity index (χ4n) is 5.38. The number of allylic oxidation sites excluding steroid dienone is 3. The number of carbonyl (C=O) groups is 3. The number of amidine groups is 1. The zero-order valence-corrected chi connectivity index (χ0v) is 30.1. The van der Waals surface area contributed by atoms with E-state index in [-0.39, 0.29) is 44.0 Å². The standard InChI is InChI=1S/C37H44Cl2N4O5/c1-9-26(38)13-10-24(4)34-33(25-11-14-27(39)15-12-25)40-35(29-17-16-28(47-8)20-30(29)48-23(2)3)43(34)36(46)42-19-18-41(32(45)22-42)21-31(44)37(5,6)7/h9-17,20,23,33-34H,4,18-19,21-22H2,1-3,5-8H3/b13-10-,26-9+/t33-,34+/m1/s1. The summed E-state index contributed by atoms with van der Waals surface area (Å²) in [5.74, 6) is 1.07. The first-order chi connectivity index (χ1) is 22.6. The number of aliphatic imine (C=N–C) groups is 1. The number of amides is 3. The van der Waals surface area contributed by atoms with E-state index in [9.17, 15) is 14.4 Å². The van der Waals surface area contributed by atoms with Crippen molar-refractivity contribution in [2.45, 2.75) is 59.7 Å². The highest BCUT2D eigenvalue weighted by Gasteiger charge is 2.45. The lowest BCUT2D eigenvalue weighted by molar-refractivity contribution is -0.140. The maximum atomic E-state index is 14.8. The minimum Gasteiger partial charge on any atom is -0.497 e.